The Balaban J connectivity index is 0.872. The van der Waals surface area contributed by atoms with Crippen molar-refractivity contribution in [2.24, 2.45) is 177 Å². The van der Waals surface area contributed by atoms with Gasteiger partial charge in [0.15, 0.2) is 0 Å². The molecule has 0 N–H and O–H groups in total. The van der Waals surface area contributed by atoms with Gasteiger partial charge in [-0.25, -0.2) is 0 Å². The van der Waals surface area contributed by atoms with Gasteiger partial charge >= 0.3 is 0 Å². The Hall–Kier alpha value is -1.36. The lowest BCUT2D eigenvalue weighted by Crippen LogP contribution is -2.63. The zero-order valence-corrected chi connectivity index (χ0v) is 34.1. The summed E-state index contributed by atoms with van der Waals surface area (Å²) >= 11 is 0. The number of hydrogen-bond acceptors (Lipinski definition) is 4. The molecule has 4 nitrogen and oxygen atoms in total. The van der Waals surface area contributed by atoms with Gasteiger partial charge in [0, 0.05) is 24.8 Å². The lowest BCUT2D eigenvalue weighted by atomic mass is 9.39. The van der Waals surface area contributed by atoms with Crippen molar-refractivity contribution in [3.8, 4) is 0 Å². The van der Waals surface area contributed by atoms with Gasteiger partial charge in [-0.1, -0.05) is 29.8 Å². The summed E-state index contributed by atoms with van der Waals surface area (Å²) in [5, 5.41) is 0. The largest absolute Gasteiger partial charge is 0.382 e. The Morgan fingerprint density at radius 3 is 1.75 bits per heavy atom. The molecule has 4 heteroatoms. The first kappa shape index (κ1) is 31.5. The first-order chi connectivity index (χ1) is 28.3. The first-order valence-electron chi connectivity index (χ1n) is 25.4. The first-order valence-corrected chi connectivity index (χ1v) is 25.4. The van der Waals surface area contributed by atoms with Crippen LogP contribution >= 0.6 is 0 Å². The van der Waals surface area contributed by atoms with Gasteiger partial charge in [0.05, 0.1) is 39.1 Å². The quantitative estimate of drug-likeness (QED) is 0.187. The van der Waals surface area contributed by atoms with E-state index in [1.807, 2.05) is 0 Å². The van der Waals surface area contributed by atoms with Crippen LogP contribution in [0.3, 0.4) is 0 Å². The van der Waals surface area contributed by atoms with Gasteiger partial charge in [-0.15, -0.1) is 0 Å². The summed E-state index contributed by atoms with van der Waals surface area (Å²) < 4.78 is 18.3. The van der Waals surface area contributed by atoms with Crippen molar-refractivity contribution in [1.82, 2.24) is 0 Å². The van der Waals surface area contributed by atoms with Gasteiger partial charge in [-0.2, -0.15) is 0 Å². The number of fused-ring (bicyclic) bond motifs is 1. The van der Waals surface area contributed by atoms with Crippen molar-refractivity contribution in [2.45, 2.75) is 51.0 Å². The van der Waals surface area contributed by atoms with E-state index in [1.165, 1.54) is 54.2 Å². The third-order valence-corrected chi connectivity index (χ3v) is 25.9. The molecule has 15 saturated carbocycles. The summed E-state index contributed by atoms with van der Waals surface area (Å²) in [6.45, 7) is 4.89. The van der Waals surface area contributed by atoms with Crippen LogP contribution < -0.4 is 4.90 Å². The van der Waals surface area contributed by atoms with E-state index < -0.39 is 0 Å². The number of nitrogens with zero attached hydrogens (tertiary/aromatic N) is 1. The molecular formula is C53H65NO3. The molecule has 0 aromatic heterocycles. The van der Waals surface area contributed by atoms with Crippen LogP contribution in [-0.2, 0) is 14.2 Å². The van der Waals surface area contributed by atoms with Crippen molar-refractivity contribution in [1.29, 1.82) is 0 Å². The van der Waals surface area contributed by atoms with Gasteiger partial charge < -0.3 is 19.1 Å². The number of anilines is 1. The van der Waals surface area contributed by atoms with Crippen LogP contribution in [-0.4, -0.2) is 52.7 Å². The number of allylic oxidation sites excluding steroid dienone is 1. The third-order valence-electron chi connectivity index (χ3n) is 25.9. The highest BCUT2D eigenvalue weighted by atomic mass is 16.5. The summed E-state index contributed by atoms with van der Waals surface area (Å²) in [6.07, 6.45) is 14.7. The Morgan fingerprint density at radius 2 is 1.07 bits per heavy atom. The second-order valence-corrected chi connectivity index (χ2v) is 25.4. The highest BCUT2D eigenvalue weighted by Gasteiger charge is 2.89. The number of rotatable bonds is 9. The molecule has 300 valence electrons. The molecule has 31 unspecified atom stereocenters. The zero-order valence-electron chi connectivity index (χ0n) is 34.1. The standard InChI is InChI=1S/C53H65NO3/c1-55-7-8-56-9-10-57-20-31-53-18-27-16-25-14-22-11-21-12-24-13-23-15-26-17-29(30(53)19-54(31)28-5-3-2-4-6-28)39-44-35(26)34(23)41-36(24)40-32(21)33(22)42-37(25)43-38(27)52(53)51(39)50-48(43)46(42)45(40)47(41)49(44)50/h2-6,18,21-26,29-52H,7-17,19-20H2,1H3. The summed E-state index contributed by atoms with van der Waals surface area (Å²) in [5.74, 6) is 31.7. The van der Waals surface area contributed by atoms with Crippen LogP contribution in [0.15, 0.2) is 42.0 Å². The minimum Gasteiger partial charge on any atom is -0.382 e. The molecule has 17 aliphatic rings. The van der Waals surface area contributed by atoms with Gasteiger partial charge in [0.1, 0.15) is 0 Å². The topological polar surface area (TPSA) is 30.9 Å². The molecule has 0 radical (unpaired) electrons. The van der Waals surface area contributed by atoms with E-state index in [4.69, 9.17) is 14.2 Å². The molecule has 1 spiro atoms. The fraction of sp³-hybridized carbons (Fsp3) is 0.849. The molecule has 1 heterocycles. The maximum Gasteiger partial charge on any atom is 0.0701 e. The number of benzene rings is 1. The minimum atomic E-state index is 0.288. The SMILES string of the molecule is COCCOCCOCC1N(c2ccccc2)CC2C3CC4CC5CC6CC7CC8CC9CC%10=CC21C1C%10C2C9C9C8C7C7C6C6C5C4C4C3C1C1C2C9C7C6C41. The Labute approximate surface area is 340 Å². The number of hydrogen-bond donors (Lipinski definition) is 0. The smallest absolute Gasteiger partial charge is 0.0701 e. The molecule has 1 aromatic rings. The van der Waals surface area contributed by atoms with E-state index in [-0.39, 0.29) is 5.41 Å². The van der Waals surface area contributed by atoms with Crippen molar-refractivity contribution < 1.29 is 14.2 Å². The van der Waals surface area contributed by atoms with E-state index in [2.05, 4.69) is 46.9 Å². The highest BCUT2D eigenvalue weighted by Crippen LogP contribution is 2.93. The summed E-state index contributed by atoms with van der Waals surface area (Å²) in [6, 6.07) is 12.3. The summed E-state index contributed by atoms with van der Waals surface area (Å²) in [7, 11) is 1.78. The molecule has 0 amide bonds. The van der Waals surface area contributed by atoms with E-state index in [1.54, 1.807) is 45.6 Å². The molecule has 1 aromatic carbocycles. The third kappa shape index (κ3) is 3.05. The predicted molar refractivity (Wildman–Crippen MR) is 215 cm³/mol. The molecular weight excluding hydrogens is 699 g/mol. The minimum absolute atomic E-state index is 0.288. The fourth-order valence-corrected chi connectivity index (χ4v) is 27.1. The number of methoxy groups -OCH3 is 1. The van der Waals surface area contributed by atoms with Crippen LogP contribution in [0.1, 0.15) is 44.9 Å². The molecule has 31 atom stereocenters. The molecule has 1 aliphatic heterocycles. The van der Waals surface area contributed by atoms with Crippen LogP contribution in [0, 0.1) is 177 Å². The number of ether oxygens (including phenoxy) is 3. The van der Waals surface area contributed by atoms with Gasteiger partial charge in [0.2, 0.25) is 0 Å². The second-order valence-electron chi connectivity index (χ2n) is 25.4. The van der Waals surface area contributed by atoms with Gasteiger partial charge in [-0.05, 0) is 229 Å². The van der Waals surface area contributed by atoms with Crippen molar-refractivity contribution in [2.75, 3.05) is 51.6 Å². The van der Waals surface area contributed by atoms with Gasteiger partial charge in [0.25, 0.3) is 0 Å². The monoisotopic (exact) mass is 763 g/mol. The van der Waals surface area contributed by atoms with Gasteiger partial charge in [-0.3, -0.25) is 0 Å². The van der Waals surface area contributed by atoms with Crippen LogP contribution in [0.25, 0.3) is 0 Å². The Bertz CT molecular complexity index is 2020. The molecule has 18 rings (SSSR count). The van der Waals surface area contributed by atoms with E-state index >= 15 is 0 Å². The summed E-state index contributed by atoms with van der Waals surface area (Å²) in [5.41, 5.74) is 3.84. The molecule has 16 fully saturated rings. The Morgan fingerprint density at radius 1 is 0.544 bits per heavy atom. The van der Waals surface area contributed by atoms with Crippen LogP contribution in [0.5, 0.6) is 0 Å². The molecule has 57 heavy (non-hydrogen) atoms. The number of para-hydroxylation sites is 1. The molecule has 16 aliphatic carbocycles. The zero-order chi connectivity index (χ0) is 36.1. The van der Waals surface area contributed by atoms with E-state index in [0.29, 0.717) is 32.5 Å². The van der Waals surface area contributed by atoms with Crippen molar-refractivity contribution in [3.05, 3.63) is 42.0 Å². The maximum absolute atomic E-state index is 6.97. The second kappa shape index (κ2) is 9.96. The Kier molecular flexibility index (Phi) is 5.50. The van der Waals surface area contributed by atoms with E-state index in [9.17, 15) is 0 Å². The predicted octanol–water partition coefficient (Wildman–Crippen LogP) is 8.29. The average Bonchev–Trinajstić information content (AvgIpc) is 4.08. The van der Waals surface area contributed by atoms with Crippen LogP contribution in [0.4, 0.5) is 5.69 Å². The van der Waals surface area contributed by atoms with Crippen molar-refractivity contribution in [3.63, 3.8) is 0 Å². The normalized spacial score (nSPS) is 67.9. The fourth-order valence-electron chi connectivity index (χ4n) is 27.1. The highest BCUT2D eigenvalue weighted by molar-refractivity contribution is 5.54. The summed E-state index contributed by atoms with van der Waals surface area (Å²) in [4.78, 5) is 3.00. The maximum atomic E-state index is 6.97. The van der Waals surface area contributed by atoms with Crippen LogP contribution in [0.2, 0.25) is 0 Å². The van der Waals surface area contributed by atoms with E-state index in [0.717, 1.165) is 143 Å². The molecule has 1 saturated heterocycles. The lowest BCUT2D eigenvalue weighted by molar-refractivity contribution is -0.163. The average molecular weight is 764 g/mol. The lowest BCUT2D eigenvalue weighted by Gasteiger charge is -2.64. The van der Waals surface area contributed by atoms with Crippen molar-refractivity contribution >= 4 is 5.69 Å². The molecule has 0 bridgehead atoms.